The smallest absolute Gasteiger partial charge is 0.415 e. The number of aliphatic hydroxyl groups excluding tert-OH is 1. The molecule has 0 bridgehead atoms. The highest BCUT2D eigenvalue weighted by Gasteiger charge is 2.38. The molecule has 0 aliphatic carbocycles. The number of likely N-dealkylation sites (tertiary alicyclic amines) is 1. The molecule has 1 rings (SSSR count). The number of carbonyl (C=O) groups is 1. The van der Waals surface area contributed by atoms with Crippen LogP contribution in [-0.4, -0.2) is 59.7 Å². The summed E-state index contributed by atoms with van der Waals surface area (Å²) < 4.78 is 42.2. The van der Waals surface area contributed by atoms with E-state index >= 15 is 0 Å². The normalized spacial score (nSPS) is 22.6. The summed E-state index contributed by atoms with van der Waals surface area (Å²) in [5.41, 5.74) is -0.579. The Kier molecular flexibility index (Phi) is 6.70. The molecule has 5 nitrogen and oxygen atoms in total. The number of nitrogens with one attached hydrogen (secondary N) is 1. The first kappa shape index (κ1) is 20.0. The van der Waals surface area contributed by atoms with Gasteiger partial charge in [0.05, 0.1) is 0 Å². The van der Waals surface area contributed by atoms with Crippen LogP contribution in [0.3, 0.4) is 0 Å². The van der Waals surface area contributed by atoms with Crippen molar-refractivity contribution in [3.63, 3.8) is 0 Å². The molecular formula is C15H27F3N2O3. The van der Waals surface area contributed by atoms with E-state index in [0.717, 1.165) is 12.8 Å². The summed E-state index contributed by atoms with van der Waals surface area (Å²) in [6.07, 6.45) is -5.81. The number of carbonyl (C=O) groups excluding carboxylic acids is 1. The number of rotatable bonds is 4. The van der Waals surface area contributed by atoms with Gasteiger partial charge in [-0.3, -0.25) is 0 Å². The highest BCUT2D eigenvalue weighted by atomic mass is 19.4. The van der Waals surface area contributed by atoms with Crippen LogP contribution in [0.5, 0.6) is 0 Å². The van der Waals surface area contributed by atoms with Crippen molar-refractivity contribution in [1.82, 2.24) is 10.2 Å². The van der Waals surface area contributed by atoms with Gasteiger partial charge in [-0.1, -0.05) is 0 Å². The molecule has 1 fully saturated rings. The lowest BCUT2D eigenvalue weighted by atomic mass is 9.91. The first-order chi connectivity index (χ1) is 10.4. The minimum atomic E-state index is -4.62. The van der Waals surface area contributed by atoms with Crippen molar-refractivity contribution in [3.8, 4) is 0 Å². The van der Waals surface area contributed by atoms with Crippen LogP contribution in [0.15, 0.2) is 0 Å². The van der Waals surface area contributed by atoms with Crippen LogP contribution in [0, 0.1) is 5.92 Å². The van der Waals surface area contributed by atoms with Gasteiger partial charge in [0, 0.05) is 25.7 Å². The molecule has 0 aromatic heterocycles. The van der Waals surface area contributed by atoms with E-state index in [-0.39, 0.29) is 12.0 Å². The third-order valence-electron chi connectivity index (χ3n) is 3.83. The zero-order chi connectivity index (χ0) is 17.8. The second-order valence-electron chi connectivity index (χ2n) is 7.08. The Balaban J connectivity index is 2.49. The summed E-state index contributed by atoms with van der Waals surface area (Å²) in [4.78, 5) is 13.7. The summed E-state index contributed by atoms with van der Waals surface area (Å²) in [5.74, 6) is 0.0247. The third kappa shape index (κ3) is 6.95. The Morgan fingerprint density at radius 1 is 1.39 bits per heavy atom. The maximum atomic E-state index is 12.3. The predicted octanol–water partition coefficient (Wildman–Crippen LogP) is 2.53. The van der Waals surface area contributed by atoms with Crippen molar-refractivity contribution >= 4 is 6.09 Å². The second-order valence-corrected chi connectivity index (χ2v) is 7.08. The highest BCUT2D eigenvalue weighted by Crippen LogP contribution is 2.23. The molecule has 1 aliphatic heterocycles. The number of piperidine rings is 1. The number of nitrogens with zero attached hydrogens (tertiary/aromatic N) is 1. The number of amides is 1. The maximum absolute atomic E-state index is 12.3. The zero-order valence-corrected chi connectivity index (χ0v) is 14.1. The Morgan fingerprint density at radius 3 is 2.52 bits per heavy atom. The molecule has 1 saturated heterocycles. The van der Waals surface area contributed by atoms with E-state index in [0.29, 0.717) is 13.1 Å². The lowest BCUT2D eigenvalue weighted by Gasteiger charge is -2.37. The van der Waals surface area contributed by atoms with Crippen molar-refractivity contribution in [1.29, 1.82) is 0 Å². The molecule has 0 aromatic carbocycles. The molecule has 23 heavy (non-hydrogen) atoms. The fourth-order valence-electron chi connectivity index (χ4n) is 2.49. The number of aliphatic hydroxyl groups is 1. The van der Waals surface area contributed by atoms with Crippen LogP contribution in [0.2, 0.25) is 0 Å². The van der Waals surface area contributed by atoms with Gasteiger partial charge in [0.1, 0.15) is 5.60 Å². The van der Waals surface area contributed by atoms with Gasteiger partial charge in [0.2, 0.25) is 0 Å². The molecule has 0 spiro atoms. The third-order valence-corrected chi connectivity index (χ3v) is 3.83. The van der Waals surface area contributed by atoms with Gasteiger partial charge in [0.15, 0.2) is 6.10 Å². The quantitative estimate of drug-likeness (QED) is 0.826. The van der Waals surface area contributed by atoms with Gasteiger partial charge in [-0.25, -0.2) is 4.79 Å². The molecule has 8 heteroatoms. The van der Waals surface area contributed by atoms with Crippen LogP contribution < -0.4 is 5.32 Å². The van der Waals surface area contributed by atoms with Gasteiger partial charge >= 0.3 is 12.3 Å². The topological polar surface area (TPSA) is 61.8 Å². The average molecular weight is 340 g/mol. The van der Waals surface area contributed by atoms with Gasteiger partial charge in [-0.15, -0.1) is 0 Å². The highest BCUT2D eigenvalue weighted by molar-refractivity contribution is 5.68. The van der Waals surface area contributed by atoms with Gasteiger partial charge in [-0.2, -0.15) is 13.2 Å². The molecule has 2 N–H and O–H groups in total. The van der Waals surface area contributed by atoms with Crippen molar-refractivity contribution < 1.29 is 27.8 Å². The van der Waals surface area contributed by atoms with E-state index in [2.05, 4.69) is 5.32 Å². The van der Waals surface area contributed by atoms with E-state index in [1.165, 1.54) is 0 Å². The molecule has 0 radical (unpaired) electrons. The van der Waals surface area contributed by atoms with Crippen LogP contribution >= 0.6 is 0 Å². The van der Waals surface area contributed by atoms with E-state index in [4.69, 9.17) is 9.84 Å². The molecule has 1 aliphatic rings. The summed E-state index contributed by atoms with van der Waals surface area (Å²) >= 11 is 0. The molecule has 0 aromatic rings. The summed E-state index contributed by atoms with van der Waals surface area (Å²) in [7, 11) is 0. The minimum absolute atomic E-state index is 0.0247. The molecule has 1 heterocycles. The Hall–Kier alpha value is -1.02. The molecule has 0 unspecified atom stereocenters. The van der Waals surface area contributed by atoms with E-state index in [9.17, 15) is 18.0 Å². The van der Waals surface area contributed by atoms with Crippen LogP contribution in [-0.2, 0) is 4.74 Å². The number of halogens is 3. The standard InChI is InChI=1S/C15H27F3N2O3/c1-10(19-8-12(21)15(16,17)18)11-6-5-7-20(9-11)13(22)23-14(2,3)4/h10-12,19,21H,5-9H2,1-4H3/t10-,11+,12+/m0/s1. The zero-order valence-electron chi connectivity index (χ0n) is 14.1. The van der Waals surface area contributed by atoms with E-state index in [1.807, 2.05) is 0 Å². The lowest BCUT2D eigenvalue weighted by molar-refractivity contribution is -0.202. The predicted molar refractivity (Wildman–Crippen MR) is 80.1 cm³/mol. The van der Waals surface area contributed by atoms with Crippen LogP contribution in [0.4, 0.5) is 18.0 Å². The van der Waals surface area contributed by atoms with Crippen molar-refractivity contribution in [2.24, 2.45) is 5.92 Å². The first-order valence-electron chi connectivity index (χ1n) is 7.86. The summed E-state index contributed by atoms with van der Waals surface area (Å²) in [6.45, 7) is 7.60. The van der Waals surface area contributed by atoms with Crippen molar-refractivity contribution in [3.05, 3.63) is 0 Å². The van der Waals surface area contributed by atoms with Crippen LogP contribution in [0.25, 0.3) is 0 Å². The fourth-order valence-corrected chi connectivity index (χ4v) is 2.49. The second kappa shape index (κ2) is 7.70. The van der Waals surface area contributed by atoms with Gasteiger partial charge in [-0.05, 0) is 46.5 Å². The largest absolute Gasteiger partial charge is 0.444 e. The lowest BCUT2D eigenvalue weighted by Crippen LogP contribution is -2.50. The first-order valence-corrected chi connectivity index (χ1v) is 7.86. The number of alkyl halides is 3. The van der Waals surface area contributed by atoms with Gasteiger partial charge < -0.3 is 20.1 Å². The molecule has 136 valence electrons. The Labute approximate surface area is 135 Å². The average Bonchev–Trinajstić information content (AvgIpc) is 2.41. The number of hydrogen-bond donors (Lipinski definition) is 2. The Bertz CT molecular complexity index is 396. The van der Waals surface area contributed by atoms with E-state index in [1.54, 1.807) is 32.6 Å². The maximum Gasteiger partial charge on any atom is 0.415 e. The summed E-state index contributed by atoms with van der Waals surface area (Å²) in [6, 6.07) is -0.239. The number of hydrogen-bond acceptors (Lipinski definition) is 4. The molecule has 0 saturated carbocycles. The van der Waals surface area contributed by atoms with Crippen molar-refractivity contribution in [2.45, 2.75) is 64.5 Å². The summed E-state index contributed by atoms with van der Waals surface area (Å²) in [5, 5.41) is 11.7. The molecule has 1 amide bonds. The fraction of sp³-hybridized carbons (Fsp3) is 0.933. The minimum Gasteiger partial charge on any atom is -0.444 e. The van der Waals surface area contributed by atoms with E-state index < -0.39 is 30.5 Å². The Morgan fingerprint density at radius 2 is 2.00 bits per heavy atom. The number of ether oxygens (including phenoxy) is 1. The molecular weight excluding hydrogens is 313 g/mol. The van der Waals surface area contributed by atoms with Crippen LogP contribution in [0.1, 0.15) is 40.5 Å². The van der Waals surface area contributed by atoms with Gasteiger partial charge in [0.25, 0.3) is 0 Å². The SMILES string of the molecule is C[C@H](NC[C@@H](O)C(F)(F)F)[C@@H]1CCCN(C(=O)OC(C)(C)C)C1. The molecule has 3 atom stereocenters. The van der Waals surface area contributed by atoms with Crippen molar-refractivity contribution in [2.75, 3.05) is 19.6 Å². The monoisotopic (exact) mass is 340 g/mol.